The van der Waals surface area contributed by atoms with Gasteiger partial charge >= 0.3 is 0 Å². The highest BCUT2D eigenvalue weighted by Crippen LogP contribution is 2.45. The molecule has 0 aliphatic carbocycles. The average molecular weight is 531 g/mol. The highest BCUT2D eigenvalue weighted by atomic mass is 35.5. The normalized spacial score (nSPS) is 16.5. The maximum atomic E-state index is 14.1. The molecule has 0 saturated carbocycles. The number of benzene rings is 4. The fourth-order valence-corrected chi connectivity index (χ4v) is 6.17. The summed E-state index contributed by atoms with van der Waals surface area (Å²) in [5, 5.41) is 11.8. The van der Waals surface area contributed by atoms with Crippen LogP contribution in [0.4, 0.5) is 11.4 Å². The first-order valence-corrected chi connectivity index (χ1v) is 13.0. The summed E-state index contributed by atoms with van der Waals surface area (Å²) in [5.74, 6) is -0.374. The van der Waals surface area contributed by atoms with Crippen molar-refractivity contribution in [1.29, 1.82) is 0 Å². The molecule has 0 aromatic heterocycles. The summed E-state index contributed by atoms with van der Waals surface area (Å²) in [5.41, 5.74) is 1.38. The van der Waals surface area contributed by atoms with Crippen molar-refractivity contribution in [2.45, 2.75) is 10.9 Å². The van der Waals surface area contributed by atoms with Gasteiger partial charge in [-0.25, -0.2) is 8.42 Å². The second-order valence-corrected chi connectivity index (χ2v) is 10.6. The molecule has 9 heteroatoms. The van der Waals surface area contributed by atoms with Gasteiger partial charge < -0.3 is 0 Å². The molecule has 0 fully saturated rings. The number of sulfonamides is 1. The number of rotatable bonds is 5. The van der Waals surface area contributed by atoms with Crippen molar-refractivity contribution >= 4 is 44.9 Å². The van der Waals surface area contributed by atoms with Crippen molar-refractivity contribution < 1.29 is 18.1 Å². The molecule has 5 rings (SSSR count). The van der Waals surface area contributed by atoms with Crippen LogP contribution in [0.1, 0.15) is 27.5 Å². The largest absolute Gasteiger partial charge is 0.289 e. The van der Waals surface area contributed by atoms with Crippen LogP contribution in [0.3, 0.4) is 0 Å². The van der Waals surface area contributed by atoms with Gasteiger partial charge in [-0.1, -0.05) is 66.2 Å². The predicted molar refractivity (Wildman–Crippen MR) is 142 cm³/mol. The van der Waals surface area contributed by atoms with E-state index in [-0.39, 0.29) is 33.2 Å². The monoisotopic (exact) mass is 530 g/mol. The van der Waals surface area contributed by atoms with E-state index in [2.05, 4.69) is 0 Å². The summed E-state index contributed by atoms with van der Waals surface area (Å²) >= 11 is 6.12. The number of anilines is 1. The number of carbonyl (C=O) groups excluding carboxylic acids is 1. The van der Waals surface area contributed by atoms with Crippen LogP contribution < -0.4 is 4.31 Å². The minimum atomic E-state index is -4.15. The van der Waals surface area contributed by atoms with Gasteiger partial charge in [-0.3, -0.25) is 19.2 Å². The molecule has 1 atom stereocenters. The standard InChI is InChI=1S/C28H19ClN2O5S/c29-21-15-13-20(14-16-21)27-25(18-19-7-6-8-22(17-19)31(33)34)28(32)24-11-4-5-12-26(24)30(27)37(35,36)23-9-2-1-3-10-23/h1-18,27H/b25-18+. The lowest BCUT2D eigenvalue weighted by atomic mass is 9.86. The first-order chi connectivity index (χ1) is 17.8. The number of hydrogen-bond acceptors (Lipinski definition) is 5. The van der Waals surface area contributed by atoms with E-state index in [1.54, 1.807) is 72.8 Å². The Morgan fingerprint density at radius 1 is 0.865 bits per heavy atom. The smallest absolute Gasteiger partial charge is 0.270 e. The number of hydrogen-bond donors (Lipinski definition) is 0. The van der Waals surface area contributed by atoms with Gasteiger partial charge in [0.1, 0.15) is 0 Å². The van der Waals surface area contributed by atoms with Crippen molar-refractivity contribution in [3.05, 3.63) is 141 Å². The zero-order chi connectivity index (χ0) is 26.2. The number of Topliss-reactive ketones (excluding diaryl/α,β-unsaturated/α-hetero) is 1. The first kappa shape index (κ1) is 24.4. The van der Waals surface area contributed by atoms with E-state index in [1.165, 1.54) is 40.7 Å². The molecule has 0 bridgehead atoms. The summed E-state index contributed by atoms with van der Waals surface area (Å²) in [7, 11) is -4.15. The van der Waals surface area contributed by atoms with E-state index in [0.717, 1.165) is 0 Å². The van der Waals surface area contributed by atoms with Crippen molar-refractivity contribution in [3.8, 4) is 0 Å². The molecule has 0 radical (unpaired) electrons. The molecule has 37 heavy (non-hydrogen) atoms. The fraction of sp³-hybridized carbons (Fsp3) is 0.0357. The zero-order valence-corrected chi connectivity index (χ0v) is 20.8. The maximum absolute atomic E-state index is 14.1. The van der Waals surface area contributed by atoms with Crippen LogP contribution in [0.2, 0.25) is 5.02 Å². The summed E-state index contributed by atoms with van der Waals surface area (Å²) in [6.45, 7) is 0. The van der Waals surface area contributed by atoms with Crippen molar-refractivity contribution in [3.63, 3.8) is 0 Å². The molecule has 1 unspecified atom stereocenters. The van der Waals surface area contributed by atoms with Gasteiger partial charge in [0.05, 0.1) is 21.5 Å². The van der Waals surface area contributed by atoms with Crippen LogP contribution in [0.15, 0.2) is 114 Å². The van der Waals surface area contributed by atoms with E-state index in [0.29, 0.717) is 16.1 Å². The molecular formula is C28H19ClN2O5S. The third-order valence-corrected chi connectivity index (χ3v) is 8.11. The van der Waals surface area contributed by atoms with Gasteiger partial charge in [-0.2, -0.15) is 0 Å². The second kappa shape index (κ2) is 9.65. The average Bonchev–Trinajstić information content (AvgIpc) is 2.91. The Hall–Kier alpha value is -4.27. The molecule has 1 aliphatic heterocycles. The van der Waals surface area contributed by atoms with Crippen molar-refractivity contribution in [2.75, 3.05) is 4.31 Å². The number of nitro benzene ring substituents is 1. The van der Waals surface area contributed by atoms with Crippen LogP contribution in [0.25, 0.3) is 6.08 Å². The minimum absolute atomic E-state index is 0.0628. The molecule has 0 saturated heterocycles. The molecule has 4 aromatic rings. The van der Waals surface area contributed by atoms with Crippen LogP contribution >= 0.6 is 11.6 Å². The van der Waals surface area contributed by atoms with Gasteiger partial charge in [0, 0.05) is 28.3 Å². The number of nitro groups is 1. The second-order valence-electron chi connectivity index (χ2n) is 8.37. The number of ketones is 1. The van der Waals surface area contributed by atoms with Gasteiger partial charge in [-0.05, 0) is 53.6 Å². The highest BCUT2D eigenvalue weighted by molar-refractivity contribution is 7.92. The lowest BCUT2D eigenvalue weighted by Crippen LogP contribution is -2.41. The number of carbonyl (C=O) groups is 1. The molecule has 0 amide bonds. The number of halogens is 1. The molecule has 0 N–H and O–H groups in total. The van der Waals surface area contributed by atoms with Gasteiger partial charge in [0.25, 0.3) is 15.7 Å². The summed E-state index contributed by atoms with van der Waals surface area (Å²) in [4.78, 5) is 24.7. The van der Waals surface area contributed by atoms with Crippen molar-refractivity contribution in [2.24, 2.45) is 0 Å². The molecular weight excluding hydrogens is 512 g/mol. The Morgan fingerprint density at radius 3 is 2.24 bits per heavy atom. The van der Waals surface area contributed by atoms with Crippen LogP contribution in [-0.2, 0) is 10.0 Å². The lowest BCUT2D eigenvalue weighted by molar-refractivity contribution is -0.384. The number of fused-ring (bicyclic) bond motifs is 1. The molecule has 1 aliphatic rings. The van der Waals surface area contributed by atoms with Gasteiger partial charge in [0.2, 0.25) is 0 Å². The highest BCUT2D eigenvalue weighted by Gasteiger charge is 2.43. The van der Waals surface area contributed by atoms with Crippen molar-refractivity contribution in [1.82, 2.24) is 0 Å². The Labute approximate surface area is 218 Å². The Morgan fingerprint density at radius 2 is 1.54 bits per heavy atom. The lowest BCUT2D eigenvalue weighted by Gasteiger charge is -2.39. The molecule has 4 aromatic carbocycles. The van der Waals surface area contributed by atoms with E-state index in [9.17, 15) is 23.3 Å². The quantitative estimate of drug-likeness (QED) is 0.167. The fourth-order valence-electron chi connectivity index (χ4n) is 4.39. The summed E-state index contributed by atoms with van der Waals surface area (Å²) in [6, 6.07) is 25.9. The number of para-hydroxylation sites is 1. The van der Waals surface area contributed by atoms with Crippen LogP contribution in [0, 0.1) is 10.1 Å². The van der Waals surface area contributed by atoms with E-state index < -0.39 is 21.0 Å². The Bertz CT molecular complexity index is 1650. The summed E-state index contributed by atoms with van der Waals surface area (Å²) in [6.07, 6.45) is 1.51. The molecule has 7 nitrogen and oxygen atoms in total. The number of non-ortho nitro benzene ring substituents is 1. The molecule has 1 heterocycles. The first-order valence-electron chi connectivity index (χ1n) is 11.2. The van der Waals surface area contributed by atoms with E-state index >= 15 is 0 Å². The Kier molecular flexibility index (Phi) is 6.37. The topological polar surface area (TPSA) is 97.6 Å². The zero-order valence-electron chi connectivity index (χ0n) is 19.2. The van der Waals surface area contributed by atoms with Crippen LogP contribution in [0.5, 0.6) is 0 Å². The summed E-state index contributed by atoms with van der Waals surface area (Å²) < 4.78 is 29.5. The van der Waals surface area contributed by atoms with E-state index in [4.69, 9.17) is 11.6 Å². The van der Waals surface area contributed by atoms with Gasteiger partial charge in [-0.15, -0.1) is 0 Å². The molecule has 0 spiro atoms. The Balaban J connectivity index is 1.82. The predicted octanol–water partition coefficient (Wildman–Crippen LogP) is 6.46. The third-order valence-electron chi connectivity index (χ3n) is 6.07. The third kappa shape index (κ3) is 4.52. The maximum Gasteiger partial charge on any atom is 0.270 e. The molecule has 184 valence electrons. The minimum Gasteiger partial charge on any atom is -0.289 e. The number of nitrogens with zero attached hydrogens (tertiary/aromatic N) is 2. The SMILES string of the molecule is O=C1/C(=C/c2cccc([N+](=O)[O-])c2)C(c2ccc(Cl)cc2)N(S(=O)(=O)c2ccccc2)c2ccccc21. The van der Waals surface area contributed by atoms with Crippen LogP contribution in [-0.4, -0.2) is 19.1 Å². The van der Waals surface area contributed by atoms with Gasteiger partial charge in [0.15, 0.2) is 5.78 Å². The van der Waals surface area contributed by atoms with E-state index in [1.807, 2.05) is 0 Å².